The van der Waals surface area contributed by atoms with Crippen LogP contribution in [0.1, 0.15) is 24.2 Å². The molecule has 20 heavy (non-hydrogen) atoms. The highest BCUT2D eigenvalue weighted by Gasteiger charge is 2.28. The van der Waals surface area contributed by atoms with E-state index in [9.17, 15) is 4.79 Å². The van der Waals surface area contributed by atoms with Crippen LogP contribution in [-0.4, -0.2) is 31.5 Å². The van der Waals surface area contributed by atoms with Crippen LogP contribution < -0.4 is 16.0 Å². The molecule has 1 saturated heterocycles. The molecule has 1 fully saturated rings. The zero-order valence-corrected chi connectivity index (χ0v) is 11.7. The molecule has 2 rings (SSSR count). The lowest BCUT2D eigenvalue weighted by atomic mass is 10.1. The van der Waals surface area contributed by atoms with Crippen LogP contribution in [0.2, 0.25) is 0 Å². The lowest BCUT2D eigenvalue weighted by Crippen LogP contribution is -2.41. The van der Waals surface area contributed by atoms with Crippen molar-refractivity contribution >= 4 is 5.91 Å². The molecule has 110 valence electrons. The number of hydrogen-bond acceptors (Lipinski definition) is 5. The van der Waals surface area contributed by atoms with Crippen LogP contribution in [0.5, 0.6) is 5.75 Å². The number of ether oxygens (including phenoxy) is 3. The fourth-order valence-electron chi connectivity index (χ4n) is 1.82. The maximum atomic E-state index is 11.3. The third-order valence-corrected chi connectivity index (χ3v) is 3.07. The summed E-state index contributed by atoms with van der Waals surface area (Å²) >= 11 is 0. The van der Waals surface area contributed by atoms with Crippen molar-refractivity contribution in [2.75, 3.05) is 19.8 Å². The predicted octanol–water partition coefficient (Wildman–Crippen LogP) is 1.07. The molecule has 1 aromatic rings. The van der Waals surface area contributed by atoms with Crippen molar-refractivity contribution in [1.82, 2.24) is 5.43 Å². The molecule has 1 amide bonds. The van der Waals surface area contributed by atoms with Gasteiger partial charge in [-0.25, -0.2) is 5.84 Å². The molecular formula is C14H20N2O4. The fraction of sp³-hybridized carbons (Fsp3) is 0.500. The van der Waals surface area contributed by atoms with Crippen LogP contribution in [0, 0.1) is 5.92 Å². The Morgan fingerprint density at radius 2 is 1.95 bits per heavy atom. The fourth-order valence-corrected chi connectivity index (χ4v) is 1.82. The van der Waals surface area contributed by atoms with Crippen LogP contribution in [0.4, 0.5) is 0 Å². The summed E-state index contributed by atoms with van der Waals surface area (Å²) in [7, 11) is 0. The lowest BCUT2D eigenvalue weighted by molar-refractivity contribution is -0.264. The molecule has 6 nitrogen and oxygen atoms in total. The summed E-state index contributed by atoms with van der Waals surface area (Å²) < 4.78 is 16.8. The molecule has 6 heteroatoms. The second-order valence-electron chi connectivity index (χ2n) is 5.20. The van der Waals surface area contributed by atoms with Crippen molar-refractivity contribution in [3.8, 4) is 5.75 Å². The number of benzene rings is 1. The van der Waals surface area contributed by atoms with Gasteiger partial charge in [0.1, 0.15) is 5.75 Å². The standard InChI is InChI=1S/C14H20N2O4/c1-14(2)19-8-10(9-20-14)7-18-12-5-3-11(4-6-12)13(17)16-15/h3-6,10H,7-9,15H2,1-2H3,(H,16,17). The van der Waals surface area contributed by atoms with Gasteiger partial charge in [-0.2, -0.15) is 0 Å². The quantitative estimate of drug-likeness (QED) is 0.490. The predicted molar refractivity (Wildman–Crippen MR) is 73.1 cm³/mol. The van der Waals surface area contributed by atoms with Crippen molar-refractivity contribution in [2.45, 2.75) is 19.6 Å². The number of hydrazine groups is 1. The normalized spacial score (nSPS) is 18.6. The number of nitrogens with two attached hydrogens (primary N) is 1. The first kappa shape index (κ1) is 14.8. The van der Waals surface area contributed by atoms with Crippen LogP contribution in [0.25, 0.3) is 0 Å². The number of hydrogen-bond donors (Lipinski definition) is 2. The lowest BCUT2D eigenvalue weighted by Gasteiger charge is -2.34. The largest absolute Gasteiger partial charge is 0.493 e. The van der Waals surface area contributed by atoms with Crippen molar-refractivity contribution in [3.63, 3.8) is 0 Å². The van der Waals surface area contributed by atoms with Crippen molar-refractivity contribution < 1.29 is 19.0 Å². The maximum Gasteiger partial charge on any atom is 0.265 e. The number of nitrogen functional groups attached to an aromatic ring is 1. The molecule has 0 aliphatic carbocycles. The Labute approximate surface area is 118 Å². The van der Waals surface area contributed by atoms with E-state index in [0.717, 1.165) is 0 Å². The number of nitrogens with one attached hydrogen (secondary N) is 1. The van der Waals surface area contributed by atoms with E-state index in [-0.39, 0.29) is 11.8 Å². The van der Waals surface area contributed by atoms with E-state index < -0.39 is 5.79 Å². The highest BCUT2D eigenvalue weighted by atomic mass is 16.7. The van der Waals surface area contributed by atoms with Gasteiger partial charge in [0.25, 0.3) is 5.91 Å². The molecule has 1 heterocycles. The van der Waals surface area contributed by atoms with Crippen molar-refractivity contribution in [2.24, 2.45) is 11.8 Å². The minimum absolute atomic E-state index is 0.204. The van der Waals surface area contributed by atoms with E-state index in [4.69, 9.17) is 20.1 Å². The Morgan fingerprint density at radius 1 is 1.35 bits per heavy atom. The van der Waals surface area contributed by atoms with Gasteiger partial charge in [0.15, 0.2) is 5.79 Å². The van der Waals surface area contributed by atoms with Gasteiger partial charge < -0.3 is 14.2 Å². The summed E-state index contributed by atoms with van der Waals surface area (Å²) in [6, 6.07) is 6.79. The first-order valence-corrected chi connectivity index (χ1v) is 6.52. The molecule has 0 unspecified atom stereocenters. The Morgan fingerprint density at radius 3 is 2.50 bits per heavy atom. The Hall–Kier alpha value is -1.63. The van der Waals surface area contributed by atoms with E-state index in [1.54, 1.807) is 24.3 Å². The molecular weight excluding hydrogens is 260 g/mol. The van der Waals surface area contributed by atoms with E-state index in [1.165, 1.54) is 0 Å². The first-order valence-electron chi connectivity index (χ1n) is 6.52. The van der Waals surface area contributed by atoms with Crippen molar-refractivity contribution in [1.29, 1.82) is 0 Å². The second kappa shape index (κ2) is 6.21. The van der Waals surface area contributed by atoms with E-state index >= 15 is 0 Å². The third kappa shape index (κ3) is 3.93. The average Bonchev–Trinajstić information content (AvgIpc) is 2.46. The van der Waals surface area contributed by atoms with E-state index in [2.05, 4.69) is 5.43 Å². The molecule has 0 atom stereocenters. The highest BCUT2D eigenvalue weighted by molar-refractivity contribution is 5.93. The average molecular weight is 280 g/mol. The van der Waals surface area contributed by atoms with Gasteiger partial charge >= 0.3 is 0 Å². The molecule has 0 radical (unpaired) electrons. The monoisotopic (exact) mass is 280 g/mol. The summed E-state index contributed by atoms with van der Waals surface area (Å²) in [6.45, 7) is 5.52. The van der Waals surface area contributed by atoms with Gasteiger partial charge in [-0.3, -0.25) is 10.2 Å². The third-order valence-electron chi connectivity index (χ3n) is 3.07. The number of rotatable bonds is 4. The SMILES string of the molecule is CC1(C)OCC(COc2ccc(C(=O)NN)cc2)CO1. The topological polar surface area (TPSA) is 82.8 Å². The van der Waals surface area contributed by atoms with Gasteiger partial charge in [0, 0.05) is 11.5 Å². The van der Waals surface area contributed by atoms with Crippen LogP contribution in [0.3, 0.4) is 0 Å². The maximum absolute atomic E-state index is 11.3. The molecule has 1 aromatic carbocycles. The number of carbonyl (C=O) groups excluding carboxylic acids is 1. The molecule has 0 bridgehead atoms. The van der Waals surface area contributed by atoms with E-state index in [0.29, 0.717) is 31.1 Å². The van der Waals surface area contributed by atoms with Gasteiger partial charge in [-0.15, -0.1) is 0 Å². The first-order chi connectivity index (χ1) is 9.50. The molecule has 0 aromatic heterocycles. The molecule has 1 aliphatic heterocycles. The summed E-state index contributed by atoms with van der Waals surface area (Å²) in [5.74, 6) is 5.13. The second-order valence-corrected chi connectivity index (χ2v) is 5.20. The van der Waals surface area contributed by atoms with Crippen LogP contribution in [0.15, 0.2) is 24.3 Å². The van der Waals surface area contributed by atoms with Gasteiger partial charge in [-0.05, 0) is 38.1 Å². The van der Waals surface area contributed by atoms with Gasteiger partial charge in [0.2, 0.25) is 0 Å². The molecule has 0 saturated carbocycles. The van der Waals surface area contributed by atoms with Gasteiger partial charge in [-0.1, -0.05) is 0 Å². The smallest absolute Gasteiger partial charge is 0.265 e. The van der Waals surface area contributed by atoms with Crippen LogP contribution in [-0.2, 0) is 9.47 Å². The molecule has 1 aliphatic rings. The summed E-state index contributed by atoms with van der Waals surface area (Å²) in [4.78, 5) is 11.3. The zero-order valence-electron chi connectivity index (χ0n) is 11.7. The Bertz CT molecular complexity index is 449. The minimum atomic E-state index is -0.506. The number of amides is 1. The number of carbonyl (C=O) groups is 1. The van der Waals surface area contributed by atoms with Crippen molar-refractivity contribution in [3.05, 3.63) is 29.8 Å². The molecule has 3 N–H and O–H groups in total. The Balaban J connectivity index is 1.81. The minimum Gasteiger partial charge on any atom is -0.493 e. The summed E-state index contributed by atoms with van der Waals surface area (Å²) in [5, 5.41) is 0. The molecule has 0 spiro atoms. The van der Waals surface area contributed by atoms with Gasteiger partial charge in [0.05, 0.1) is 19.8 Å². The zero-order chi connectivity index (χ0) is 14.6. The van der Waals surface area contributed by atoms with Crippen LogP contribution >= 0.6 is 0 Å². The van der Waals surface area contributed by atoms with E-state index in [1.807, 2.05) is 13.8 Å². The summed E-state index contributed by atoms with van der Waals surface area (Å²) in [5.41, 5.74) is 2.57. The summed E-state index contributed by atoms with van der Waals surface area (Å²) in [6.07, 6.45) is 0. The Kier molecular flexibility index (Phi) is 4.59. The highest BCUT2D eigenvalue weighted by Crippen LogP contribution is 2.21.